The Bertz CT molecular complexity index is 835. The van der Waals surface area contributed by atoms with Gasteiger partial charge in [-0.15, -0.1) is 0 Å². The maximum absolute atomic E-state index is 12.2. The van der Waals surface area contributed by atoms with Gasteiger partial charge in [0, 0.05) is 36.1 Å². The predicted molar refractivity (Wildman–Crippen MR) is 112 cm³/mol. The van der Waals surface area contributed by atoms with E-state index in [2.05, 4.69) is 57.3 Å². The zero-order chi connectivity index (χ0) is 19.6. The number of nitrogens with one attached hydrogen (secondary N) is 1. The molecule has 0 spiro atoms. The Kier molecular flexibility index (Phi) is 5.88. The lowest BCUT2D eigenvalue weighted by atomic mass is 9.90. The monoisotopic (exact) mass is 365 g/mol. The molecule has 2 aromatic carbocycles. The highest BCUT2D eigenvalue weighted by atomic mass is 16.5. The Morgan fingerprint density at radius 3 is 2.48 bits per heavy atom. The molecule has 0 unspecified atom stereocenters. The first-order valence-corrected chi connectivity index (χ1v) is 10.1. The van der Waals surface area contributed by atoms with E-state index in [-0.39, 0.29) is 5.91 Å². The summed E-state index contributed by atoms with van der Waals surface area (Å²) in [6.07, 6.45) is 3.15. The van der Waals surface area contributed by atoms with Gasteiger partial charge in [-0.3, -0.25) is 4.79 Å². The van der Waals surface area contributed by atoms with E-state index < -0.39 is 0 Å². The van der Waals surface area contributed by atoms with Crippen molar-refractivity contribution in [3.8, 4) is 5.75 Å². The summed E-state index contributed by atoms with van der Waals surface area (Å²) in [5, 5.41) is 3.16. The Hall–Kier alpha value is -2.29. The molecule has 0 radical (unpaired) electrons. The van der Waals surface area contributed by atoms with Crippen LogP contribution in [0.15, 0.2) is 24.3 Å². The van der Waals surface area contributed by atoms with Gasteiger partial charge in [0.15, 0.2) is 0 Å². The number of hydrogen-bond acceptors (Lipinski definition) is 2. The molecule has 144 valence electrons. The van der Waals surface area contributed by atoms with Crippen LogP contribution in [-0.4, -0.2) is 12.5 Å². The van der Waals surface area contributed by atoms with E-state index in [0.717, 1.165) is 48.4 Å². The molecule has 0 bridgehead atoms. The maximum atomic E-state index is 12.2. The third-order valence-electron chi connectivity index (χ3n) is 5.57. The fourth-order valence-electron chi connectivity index (χ4n) is 3.89. The Morgan fingerprint density at radius 1 is 1.15 bits per heavy atom. The van der Waals surface area contributed by atoms with Gasteiger partial charge in [0.1, 0.15) is 5.75 Å². The quantitative estimate of drug-likeness (QED) is 0.714. The van der Waals surface area contributed by atoms with Crippen molar-refractivity contribution in [2.24, 2.45) is 0 Å². The Labute approximate surface area is 163 Å². The summed E-state index contributed by atoms with van der Waals surface area (Å²) >= 11 is 0. The van der Waals surface area contributed by atoms with Gasteiger partial charge in [-0.1, -0.05) is 45.0 Å². The maximum Gasteiger partial charge on any atom is 0.224 e. The number of benzene rings is 2. The van der Waals surface area contributed by atoms with Crippen LogP contribution in [0, 0.1) is 13.8 Å². The van der Waals surface area contributed by atoms with Crippen LogP contribution in [0.2, 0.25) is 0 Å². The number of amides is 1. The molecule has 0 fully saturated rings. The molecule has 3 rings (SSSR count). The average molecular weight is 366 g/mol. The van der Waals surface area contributed by atoms with Gasteiger partial charge in [0.2, 0.25) is 5.91 Å². The van der Waals surface area contributed by atoms with Gasteiger partial charge in [0.05, 0.1) is 6.61 Å². The molecule has 0 atom stereocenters. The Morgan fingerprint density at radius 2 is 1.85 bits per heavy atom. The van der Waals surface area contributed by atoms with E-state index in [0.29, 0.717) is 12.3 Å². The van der Waals surface area contributed by atoms with Crippen LogP contribution >= 0.6 is 0 Å². The minimum atomic E-state index is 0.0924. The van der Waals surface area contributed by atoms with Crippen molar-refractivity contribution in [2.45, 2.75) is 66.2 Å². The molecule has 2 aromatic rings. The van der Waals surface area contributed by atoms with Gasteiger partial charge < -0.3 is 10.1 Å². The first-order chi connectivity index (χ1) is 12.9. The molecule has 0 aliphatic carbocycles. The fourth-order valence-corrected chi connectivity index (χ4v) is 3.89. The van der Waals surface area contributed by atoms with Crippen LogP contribution in [0.5, 0.6) is 5.75 Å². The molecule has 27 heavy (non-hydrogen) atoms. The number of rotatable bonds is 6. The van der Waals surface area contributed by atoms with Gasteiger partial charge in [-0.2, -0.15) is 0 Å². The van der Waals surface area contributed by atoms with Gasteiger partial charge in [-0.05, 0) is 48.4 Å². The smallest absolute Gasteiger partial charge is 0.224 e. The molecule has 0 saturated carbocycles. The average Bonchev–Trinajstić information content (AvgIpc) is 3.13. The molecular weight excluding hydrogens is 334 g/mol. The van der Waals surface area contributed by atoms with E-state index in [4.69, 9.17) is 4.74 Å². The summed E-state index contributed by atoms with van der Waals surface area (Å²) in [7, 11) is 0. The second-order valence-electron chi connectivity index (χ2n) is 7.88. The molecule has 1 aliphatic rings. The van der Waals surface area contributed by atoms with Crippen molar-refractivity contribution in [1.29, 1.82) is 0 Å². The van der Waals surface area contributed by atoms with Gasteiger partial charge >= 0.3 is 0 Å². The number of anilines is 1. The van der Waals surface area contributed by atoms with Crippen LogP contribution in [0.25, 0.3) is 0 Å². The standard InChI is InChI=1S/C24H31NO2/c1-6-7-22(26)25-23-16(4)20-12-13-27-24(20)21(17(23)5)14-18-8-10-19(11-9-18)15(2)3/h8-11,15H,6-7,12-14H2,1-5H3,(H,25,26). The van der Waals surface area contributed by atoms with E-state index in [1.165, 1.54) is 22.3 Å². The number of carbonyl (C=O) groups excluding carboxylic acids is 1. The number of fused-ring (bicyclic) bond motifs is 1. The summed E-state index contributed by atoms with van der Waals surface area (Å²) in [5.74, 6) is 1.66. The van der Waals surface area contributed by atoms with Crippen molar-refractivity contribution in [2.75, 3.05) is 11.9 Å². The zero-order valence-electron chi connectivity index (χ0n) is 17.2. The summed E-state index contributed by atoms with van der Waals surface area (Å²) < 4.78 is 6.02. The van der Waals surface area contributed by atoms with E-state index >= 15 is 0 Å². The molecular formula is C24H31NO2. The molecule has 3 nitrogen and oxygen atoms in total. The molecule has 1 heterocycles. The van der Waals surface area contributed by atoms with Crippen LogP contribution in [0.4, 0.5) is 5.69 Å². The van der Waals surface area contributed by atoms with Gasteiger partial charge in [-0.25, -0.2) is 0 Å². The minimum absolute atomic E-state index is 0.0924. The van der Waals surface area contributed by atoms with Crippen molar-refractivity contribution < 1.29 is 9.53 Å². The highest BCUT2D eigenvalue weighted by Gasteiger charge is 2.25. The SMILES string of the molecule is CCCC(=O)Nc1c(C)c2c(c(Cc3ccc(C(C)C)cc3)c1C)OCC2. The summed E-state index contributed by atoms with van der Waals surface area (Å²) in [4.78, 5) is 12.2. The summed E-state index contributed by atoms with van der Waals surface area (Å²) in [6.45, 7) is 11.4. The minimum Gasteiger partial charge on any atom is -0.493 e. The number of ether oxygens (including phenoxy) is 1. The molecule has 3 heteroatoms. The molecule has 1 aliphatic heterocycles. The Balaban J connectivity index is 1.99. The van der Waals surface area contributed by atoms with E-state index in [1.54, 1.807) is 0 Å². The number of hydrogen-bond donors (Lipinski definition) is 1. The fraction of sp³-hybridized carbons (Fsp3) is 0.458. The van der Waals surface area contributed by atoms with Crippen molar-refractivity contribution in [1.82, 2.24) is 0 Å². The molecule has 1 amide bonds. The lowest BCUT2D eigenvalue weighted by molar-refractivity contribution is -0.116. The van der Waals surface area contributed by atoms with Crippen molar-refractivity contribution in [3.63, 3.8) is 0 Å². The third kappa shape index (κ3) is 4.02. The molecule has 0 saturated heterocycles. The third-order valence-corrected chi connectivity index (χ3v) is 5.57. The lowest BCUT2D eigenvalue weighted by Gasteiger charge is -2.20. The van der Waals surface area contributed by atoms with Crippen LogP contribution < -0.4 is 10.1 Å². The van der Waals surface area contributed by atoms with Gasteiger partial charge in [0.25, 0.3) is 0 Å². The zero-order valence-corrected chi connectivity index (χ0v) is 17.2. The molecule has 0 aromatic heterocycles. The topological polar surface area (TPSA) is 38.3 Å². The first-order valence-electron chi connectivity index (χ1n) is 10.1. The summed E-state index contributed by atoms with van der Waals surface area (Å²) in [6, 6.07) is 8.86. The van der Waals surface area contributed by atoms with E-state index in [1.807, 2.05) is 6.92 Å². The predicted octanol–water partition coefficient (Wildman–Crippen LogP) is 5.69. The highest BCUT2D eigenvalue weighted by molar-refractivity contribution is 5.93. The van der Waals surface area contributed by atoms with E-state index in [9.17, 15) is 4.79 Å². The van der Waals surface area contributed by atoms with Crippen LogP contribution in [-0.2, 0) is 17.6 Å². The van der Waals surface area contributed by atoms with Crippen LogP contribution in [0.3, 0.4) is 0 Å². The van der Waals surface area contributed by atoms with Crippen LogP contribution in [0.1, 0.15) is 72.9 Å². The second-order valence-corrected chi connectivity index (χ2v) is 7.88. The van der Waals surface area contributed by atoms with Crippen molar-refractivity contribution in [3.05, 3.63) is 57.6 Å². The normalized spacial score (nSPS) is 12.8. The summed E-state index contributed by atoms with van der Waals surface area (Å²) in [5.41, 5.74) is 8.35. The largest absolute Gasteiger partial charge is 0.493 e. The number of carbonyl (C=O) groups is 1. The van der Waals surface area contributed by atoms with Crippen molar-refractivity contribution >= 4 is 11.6 Å². The second kappa shape index (κ2) is 8.16. The first kappa shape index (κ1) is 19.5. The molecule has 1 N–H and O–H groups in total. The lowest BCUT2D eigenvalue weighted by Crippen LogP contribution is -2.14. The highest BCUT2D eigenvalue weighted by Crippen LogP contribution is 2.41.